The molecule has 31 rings (SSSR count). The van der Waals surface area contributed by atoms with E-state index >= 15 is 0 Å². The molecule has 5 heterocycles. The number of aromatic nitrogens is 5. The van der Waals surface area contributed by atoms with Crippen LogP contribution >= 0.6 is 22.7 Å². The van der Waals surface area contributed by atoms with Gasteiger partial charge in [0.05, 0.1) is 22.1 Å². The molecule has 0 saturated heterocycles. The second-order valence-corrected chi connectivity index (χ2v) is 41.9. The molecule has 5 nitrogen and oxygen atoms in total. The zero-order valence-electron chi connectivity index (χ0n) is 78.6. The molecule has 7 heteroatoms. The third kappa shape index (κ3) is 12.5. The second-order valence-electron chi connectivity index (χ2n) is 39.8. The summed E-state index contributed by atoms with van der Waals surface area (Å²) in [6, 6.07) is 163. The van der Waals surface area contributed by atoms with Crippen LogP contribution in [-0.4, -0.2) is 24.1 Å². The van der Waals surface area contributed by atoms with E-state index < -0.39 is 0 Å². The molecular weight excluding hydrogens is 1760 g/mol. The van der Waals surface area contributed by atoms with E-state index in [9.17, 15) is 0 Å². The normalized spacial score (nSPS) is 13.3. The number of hydrogen-bond donors (Lipinski definition) is 0. The molecule has 0 saturated carbocycles. The minimum Gasteiger partial charge on any atom is -0.307 e. The molecule has 23 aromatic carbocycles. The minimum atomic E-state index is -0.0876. The number of hydrogen-bond acceptors (Lipinski definition) is 5. The molecule has 28 aromatic rings. The Kier molecular flexibility index (Phi) is 18.3. The van der Waals surface area contributed by atoms with Gasteiger partial charge in [0.2, 0.25) is 0 Å². The Bertz CT molecular complexity index is 10200. The van der Waals surface area contributed by atoms with Crippen molar-refractivity contribution in [2.45, 2.75) is 51.4 Å². The van der Waals surface area contributed by atoms with Crippen molar-refractivity contribution in [3.8, 4) is 90.0 Å². The summed E-state index contributed by atoms with van der Waals surface area (Å²) in [5.74, 6) is 1.91. The van der Waals surface area contributed by atoms with Gasteiger partial charge >= 0.3 is 0 Å². The van der Waals surface area contributed by atoms with Crippen LogP contribution in [0.5, 0.6) is 0 Å². The molecule has 0 N–H and O–H groups in total. The summed E-state index contributed by atoms with van der Waals surface area (Å²) in [5.41, 5.74) is 31.6. The Morgan fingerprint density at radius 2 is 0.542 bits per heavy atom. The quantitative estimate of drug-likeness (QED) is 0.149. The van der Waals surface area contributed by atoms with Crippen LogP contribution in [0.1, 0.15) is 72.2 Å². The molecule has 3 aliphatic rings. The molecule has 666 valence electrons. The molecule has 3 aliphatic carbocycles. The fourth-order valence-electron chi connectivity index (χ4n) is 24.6. The molecule has 5 aromatic heterocycles. The van der Waals surface area contributed by atoms with Crippen molar-refractivity contribution in [1.82, 2.24) is 24.1 Å². The molecular formula is C135H89N5S2. The van der Waals surface area contributed by atoms with Gasteiger partial charge in [0.1, 0.15) is 0 Å². The monoisotopic (exact) mass is 1840 g/mol. The lowest BCUT2D eigenvalue weighted by molar-refractivity contribution is 0.661. The Morgan fingerprint density at radius 1 is 0.204 bits per heavy atom. The van der Waals surface area contributed by atoms with Gasteiger partial charge in [-0.25, -0.2) is 15.0 Å². The van der Waals surface area contributed by atoms with E-state index in [0.29, 0.717) is 17.5 Å². The van der Waals surface area contributed by atoms with Crippen LogP contribution in [0.4, 0.5) is 0 Å². The van der Waals surface area contributed by atoms with E-state index in [1.165, 1.54) is 243 Å². The van der Waals surface area contributed by atoms with Crippen molar-refractivity contribution < 1.29 is 0 Å². The standard InChI is InChI=1S/C57H37N5.2C39H26S/c1-4-17-36(18-5-1)55-58-56(37-19-6-2-7-20-37)60-57(59-55)40-23-16-26-44(33-40)62-50-30-15-13-28-46(50)52-48-35-42-32-39-22-11-10-21-38(39)31-41(42)34-47(48)51-45-27-12-14-29-49(45)61(53(51)54(52)62)43-24-8-3-9-25-43;1-39(2)35-20-23(24-15-9-16-31-30-14-7-8-17-37(30)40-38(24)31)18-19-29(35)34-21-32-27-12-5-3-10-25(27)26-11-4-6-13-28(26)33(32)22-36(34)39;1-39(2)35-19-18-23(24-15-9-16-30-29-14-7-8-17-37(29)40-38(24)30)20-33(35)34-21-31-27-12-5-3-10-25(27)26-11-4-6-13-28(26)32(31)22-36(34)39/h1-30,33-35H,31-32H2;2*3-22H,1-2H3. The van der Waals surface area contributed by atoms with Crippen LogP contribution in [-0.2, 0) is 23.7 Å². The Hall–Kier alpha value is -17.1. The van der Waals surface area contributed by atoms with Crippen molar-refractivity contribution in [2.75, 3.05) is 0 Å². The molecule has 0 aliphatic heterocycles. The summed E-state index contributed by atoms with van der Waals surface area (Å²) < 4.78 is 10.4. The fourth-order valence-corrected chi connectivity index (χ4v) is 27.1. The van der Waals surface area contributed by atoms with Crippen LogP contribution in [0.3, 0.4) is 0 Å². The third-order valence-electron chi connectivity index (χ3n) is 31.3. The number of rotatable bonds is 7. The average Bonchev–Trinajstić information content (AvgIpc) is 1.53. The topological polar surface area (TPSA) is 48.5 Å². The molecule has 0 amide bonds. The fraction of sp³-hybridized carbons (Fsp3) is 0.0593. The van der Waals surface area contributed by atoms with E-state index in [1.807, 2.05) is 59.1 Å². The number of para-hydroxylation sites is 3. The maximum atomic E-state index is 5.14. The first-order valence-corrected chi connectivity index (χ1v) is 51.0. The number of benzene rings is 23. The van der Waals surface area contributed by atoms with Crippen LogP contribution in [0.25, 0.3) is 249 Å². The third-order valence-corrected chi connectivity index (χ3v) is 33.8. The van der Waals surface area contributed by atoms with E-state index in [1.54, 1.807) is 0 Å². The maximum absolute atomic E-state index is 5.14. The zero-order chi connectivity index (χ0) is 93.9. The highest BCUT2D eigenvalue weighted by atomic mass is 32.1. The smallest absolute Gasteiger partial charge is 0.164 e. The van der Waals surface area contributed by atoms with Crippen molar-refractivity contribution >= 4 is 182 Å². The van der Waals surface area contributed by atoms with E-state index in [4.69, 9.17) is 15.0 Å². The molecule has 0 spiro atoms. The molecule has 0 atom stereocenters. The molecule has 142 heavy (non-hydrogen) atoms. The predicted molar refractivity (Wildman–Crippen MR) is 604 cm³/mol. The number of thiophene rings is 2. The molecule has 0 fully saturated rings. The van der Waals surface area contributed by atoms with Crippen molar-refractivity contribution in [1.29, 1.82) is 0 Å². The lowest BCUT2D eigenvalue weighted by Crippen LogP contribution is -2.15. The zero-order valence-corrected chi connectivity index (χ0v) is 80.2. The highest BCUT2D eigenvalue weighted by molar-refractivity contribution is 7.26. The first kappa shape index (κ1) is 82.0. The Morgan fingerprint density at radius 3 is 1.03 bits per heavy atom. The van der Waals surface area contributed by atoms with E-state index in [-0.39, 0.29) is 10.8 Å². The van der Waals surface area contributed by atoms with E-state index in [2.05, 4.69) is 443 Å². The van der Waals surface area contributed by atoms with Gasteiger partial charge in [-0.05, 0) is 274 Å². The predicted octanol–water partition coefficient (Wildman–Crippen LogP) is 36.7. The first-order valence-electron chi connectivity index (χ1n) is 49.3. The second kappa shape index (κ2) is 31.7. The van der Waals surface area contributed by atoms with Crippen LogP contribution in [0.15, 0.2) is 443 Å². The summed E-state index contributed by atoms with van der Waals surface area (Å²) in [7, 11) is 0. The van der Waals surface area contributed by atoms with Crippen molar-refractivity contribution in [2.24, 2.45) is 0 Å². The van der Waals surface area contributed by atoms with Crippen LogP contribution in [0, 0.1) is 0 Å². The van der Waals surface area contributed by atoms with Gasteiger partial charge in [0, 0.05) is 101 Å². The summed E-state index contributed by atoms with van der Waals surface area (Å²) in [5, 5.41) is 29.0. The van der Waals surface area contributed by atoms with Crippen molar-refractivity contribution in [3.05, 3.63) is 487 Å². The van der Waals surface area contributed by atoms with Gasteiger partial charge < -0.3 is 9.13 Å². The Labute approximate surface area is 828 Å². The largest absolute Gasteiger partial charge is 0.307 e. The molecule has 0 radical (unpaired) electrons. The lowest BCUT2D eigenvalue weighted by atomic mass is 9.80. The van der Waals surface area contributed by atoms with Crippen LogP contribution < -0.4 is 0 Å². The maximum Gasteiger partial charge on any atom is 0.164 e. The van der Waals surface area contributed by atoms with Gasteiger partial charge in [-0.1, -0.05) is 373 Å². The molecule has 0 unspecified atom stereocenters. The van der Waals surface area contributed by atoms with Gasteiger partial charge in [0.25, 0.3) is 0 Å². The number of fused-ring (bicyclic) bond motifs is 36. The number of nitrogens with zero attached hydrogens (tertiary/aromatic N) is 5. The lowest BCUT2D eigenvalue weighted by Gasteiger charge is -2.23. The average molecular weight is 1850 g/mol. The van der Waals surface area contributed by atoms with E-state index in [0.717, 1.165) is 46.4 Å². The summed E-state index contributed by atoms with van der Waals surface area (Å²) >= 11 is 3.81. The minimum absolute atomic E-state index is 0.0617. The summed E-state index contributed by atoms with van der Waals surface area (Å²) in [6.45, 7) is 9.57. The Balaban J connectivity index is 0.000000106. The van der Waals surface area contributed by atoms with Gasteiger partial charge in [0.15, 0.2) is 17.5 Å². The summed E-state index contributed by atoms with van der Waals surface area (Å²) in [6.07, 6.45) is 1.86. The van der Waals surface area contributed by atoms with Crippen LogP contribution in [0.2, 0.25) is 0 Å². The summed E-state index contributed by atoms with van der Waals surface area (Å²) in [4.78, 5) is 15.3. The van der Waals surface area contributed by atoms with Crippen molar-refractivity contribution in [3.63, 3.8) is 0 Å². The molecule has 0 bridgehead atoms. The van der Waals surface area contributed by atoms with Gasteiger partial charge in [-0.3, -0.25) is 0 Å². The highest BCUT2D eigenvalue weighted by Gasteiger charge is 2.39. The SMILES string of the molecule is CC1(C)c2cc(-c3cccc4c3sc3ccccc34)ccc2-c2cc3c4ccccc4c4ccccc4c3cc21.CC1(C)c2ccc(-c3cccc4c3sc3ccccc34)cc2-c2cc3c4ccccc4c4ccccc4c3cc21.c1ccc(-c2nc(-c3ccccc3)nc(-c3cccc(-n4c5ccccc5c5c6cc7c(cc6c6c8ccccc8n(-c8ccccc8)c6c54)Cc4ccccc4C7)c3)n2)cc1. The van der Waals surface area contributed by atoms with Gasteiger partial charge in [-0.2, -0.15) is 0 Å². The first-order chi connectivity index (χ1) is 69.9. The van der Waals surface area contributed by atoms with Gasteiger partial charge in [-0.15, -0.1) is 22.7 Å². The highest BCUT2D eigenvalue weighted by Crippen LogP contribution is 2.57.